The Bertz CT molecular complexity index is 508. The van der Waals surface area contributed by atoms with E-state index in [0.29, 0.717) is 24.5 Å². The van der Waals surface area contributed by atoms with Crippen molar-refractivity contribution in [2.75, 3.05) is 18.0 Å². The molecule has 0 N–H and O–H groups in total. The molecule has 0 atom stereocenters. The topological polar surface area (TPSA) is 76.3 Å². The molecule has 1 aliphatic heterocycles. The van der Waals surface area contributed by atoms with Gasteiger partial charge in [-0.15, -0.1) is 0 Å². The van der Waals surface area contributed by atoms with Crippen molar-refractivity contribution in [1.29, 1.82) is 0 Å². The number of aryl methyl sites for hydroxylation is 1. The summed E-state index contributed by atoms with van der Waals surface area (Å²) in [6.45, 7) is 4.60. The number of pyridine rings is 1. The molecule has 0 saturated carbocycles. The van der Waals surface area contributed by atoms with E-state index >= 15 is 0 Å². The molecule has 1 saturated heterocycles. The van der Waals surface area contributed by atoms with Gasteiger partial charge in [-0.05, 0) is 32.8 Å². The molecule has 2 heterocycles. The maximum absolute atomic E-state index is 11.3. The van der Waals surface area contributed by atoms with Crippen molar-refractivity contribution < 1.29 is 9.72 Å². The first-order valence-corrected chi connectivity index (χ1v) is 6.36. The van der Waals surface area contributed by atoms with E-state index in [9.17, 15) is 14.9 Å². The summed E-state index contributed by atoms with van der Waals surface area (Å²) in [5.41, 5.74) is 0.687. The maximum atomic E-state index is 11.3. The fraction of sp³-hybridized carbons (Fsp3) is 0.538. The van der Waals surface area contributed by atoms with Crippen molar-refractivity contribution >= 4 is 17.3 Å². The number of Topliss-reactive ketones (excluding diaryl/α,β-unsaturated/α-hetero) is 1. The van der Waals surface area contributed by atoms with Crippen LogP contribution in [0.3, 0.4) is 0 Å². The third-order valence-electron chi connectivity index (χ3n) is 3.66. The maximum Gasteiger partial charge on any atom is 0.314 e. The largest absolute Gasteiger partial charge is 0.351 e. The van der Waals surface area contributed by atoms with Gasteiger partial charge in [0.15, 0.2) is 0 Å². The van der Waals surface area contributed by atoms with E-state index in [1.165, 1.54) is 0 Å². The number of ketones is 1. The van der Waals surface area contributed by atoms with Crippen LogP contribution >= 0.6 is 0 Å². The molecular formula is C13H17N3O3. The molecule has 1 fully saturated rings. The predicted molar refractivity (Wildman–Crippen MR) is 71.2 cm³/mol. The minimum Gasteiger partial charge on any atom is -0.351 e. The van der Waals surface area contributed by atoms with E-state index in [-0.39, 0.29) is 22.3 Å². The molecule has 0 spiro atoms. The Hall–Kier alpha value is -1.98. The summed E-state index contributed by atoms with van der Waals surface area (Å²) in [6, 6.07) is 1.64. The molecule has 19 heavy (non-hydrogen) atoms. The van der Waals surface area contributed by atoms with Crippen LogP contribution in [0, 0.1) is 23.0 Å². The van der Waals surface area contributed by atoms with Crippen molar-refractivity contribution in [3.8, 4) is 0 Å². The van der Waals surface area contributed by atoms with Gasteiger partial charge in [0.2, 0.25) is 5.82 Å². The number of nitrogens with zero attached hydrogens (tertiary/aromatic N) is 3. The number of carbonyl (C=O) groups is 1. The number of carbonyl (C=O) groups excluding carboxylic acids is 1. The van der Waals surface area contributed by atoms with E-state index in [4.69, 9.17) is 0 Å². The Kier molecular flexibility index (Phi) is 3.78. The lowest BCUT2D eigenvalue weighted by Crippen LogP contribution is -2.36. The normalized spacial score (nSPS) is 16.4. The van der Waals surface area contributed by atoms with Gasteiger partial charge in [0, 0.05) is 30.8 Å². The van der Waals surface area contributed by atoms with Gasteiger partial charge in [-0.2, -0.15) is 0 Å². The van der Waals surface area contributed by atoms with Gasteiger partial charge in [-0.25, -0.2) is 4.98 Å². The lowest BCUT2D eigenvalue weighted by atomic mass is 9.93. The third kappa shape index (κ3) is 2.72. The molecule has 102 valence electrons. The minimum absolute atomic E-state index is 0.0729. The number of rotatable bonds is 3. The van der Waals surface area contributed by atoms with Gasteiger partial charge in [0.05, 0.1) is 4.92 Å². The molecular weight excluding hydrogens is 246 g/mol. The number of anilines is 1. The van der Waals surface area contributed by atoms with Gasteiger partial charge < -0.3 is 4.90 Å². The number of hydrogen-bond donors (Lipinski definition) is 0. The van der Waals surface area contributed by atoms with Gasteiger partial charge >= 0.3 is 5.69 Å². The summed E-state index contributed by atoms with van der Waals surface area (Å²) >= 11 is 0. The molecule has 0 bridgehead atoms. The van der Waals surface area contributed by atoms with Crippen molar-refractivity contribution in [1.82, 2.24) is 4.98 Å². The molecule has 1 aromatic rings. The average molecular weight is 263 g/mol. The zero-order valence-corrected chi connectivity index (χ0v) is 11.1. The molecule has 6 heteroatoms. The van der Waals surface area contributed by atoms with Crippen molar-refractivity contribution in [3.63, 3.8) is 0 Å². The zero-order chi connectivity index (χ0) is 14.0. The van der Waals surface area contributed by atoms with Crippen LogP contribution in [0.2, 0.25) is 0 Å². The van der Waals surface area contributed by atoms with Crippen LogP contribution in [-0.2, 0) is 4.79 Å². The van der Waals surface area contributed by atoms with Gasteiger partial charge in [0.1, 0.15) is 5.78 Å². The van der Waals surface area contributed by atoms with E-state index in [2.05, 4.69) is 4.98 Å². The van der Waals surface area contributed by atoms with Crippen molar-refractivity contribution in [2.24, 2.45) is 5.92 Å². The molecule has 0 amide bonds. The average Bonchev–Trinajstić information content (AvgIpc) is 2.38. The number of piperidine rings is 1. The van der Waals surface area contributed by atoms with E-state index in [1.807, 2.05) is 4.90 Å². The van der Waals surface area contributed by atoms with Crippen LogP contribution < -0.4 is 4.90 Å². The first-order valence-electron chi connectivity index (χ1n) is 6.36. The Labute approximate surface area is 111 Å². The highest BCUT2D eigenvalue weighted by molar-refractivity contribution is 5.78. The number of hydrogen-bond acceptors (Lipinski definition) is 5. The fourth-order valence-electron chi connectivity index (χ4n) is 2.49. The second kappa shape index (κ2) is 5.34. The van der Waals surface area contributed by atoms with Crippen LogP contribution in [0.5, 0.6) is 0 Å². The summed E-state index contributed by atoms with van der Waals surface area (Å²) in [5.74, 6) is 0.707. The third-order valence-corrected chi connectivity index (χ3v) is 3.66. The summed E-state index contributed by atoms with van der Waals surface area (Å²) in [7, 11) is 0. The number of aromatic nitrogens is 1. The second-order valence-electron chi connectivity index (χ2n) is 4.93. The first-order chi connectivity index (χ1) is 9.00. The molecule has 1 aliphatic rings. The monoisotopic (exact) mass is 263 g/mol. The molecule has 0 aliphatic carbocycles. The van der Waals surface area contributed by atoms with Crippen molar-refractivity contribution in [2.45, 2.75) is 26.7 Å². The van der Waals surface area contributed by atoms with Crippen LogP contribution in [-0.4, -0.2) is 28.8 Å². The van der Waals surface area contributed by atoms with Crippen LogP contribution in [0.25, 0.3) is 0 Å². The van der Waals surface area contributed by atoms with Gasteiger partial charge in [0.25, 0.3) is 0 Å². The summed E-state index contributed by atoms with van der Waals surface area (Å²) in [4.78, 5) is 28.2. The molecule has 1 aromatic heterocycles. The second-order valence-corrected chi connectivity index (χ2v) is 4.93. The summed E-state index contributed by atoms with van der Waals surface area (Å²) in [6.07, 6.45) is 3.07. The Balaban J connectivity index is 2.22. The highest BCUT2D eigenvalue weighted by atomic mass is 16.6. The SMILES string of the molecule is CC(=O)C1CCN(c2nccc(C)c2[N+](=O)[O-])CC1. The van der Waals surface area contributed by atoms with Gasteiger partial charge in [-0.1, -0.05) is 0 Å². The Morgan fingerprint density at radius 3 is 2.63 bits per heavy atom. The summed E-state index contributed by atoms with van der Waals surface area (Å²) in [5, 5.41) is 11.1. The highest BCUT2D eigenvalue weighted by Crippen LogP contribution is 2.31. The number of nitro groups is 1. The molecule has 6 nitrogen and oxygen atoms in total. The predicted octanol–water partition coefficient (Wildman–Crippen LogP) is 2.10. The highest BCUT2D eigenvalue weighted by Gasteiger charge is 2.28. The summed E-state index contributed by atoms with van der Waals surface area (Å²) < 4.78 is 0. The Morgan fingerprint density at radius 1 is 1.47 bits per heavy atom. The van der Waals surface area contributed by atoms with Crippen LogP contribution in [0.15, 0.2) is 12.3 Å². The molecule has 2 rings (SSSR count). The quantitative estimate of drug-likeness (QED) is 0.616. The van der Waals surface area contributed by atoms with Crippen LogP contribution in [0.4, 0.5) is 11.5 Å². The van der Waals surface area contributed by atoms with E-state index in [0.717, 1.165) is 12.8 Å². The standard InChI is InChI=1S/C13H17N3O3/c1-9-3-6-14-13(12(9)16(18)19)15-7-4-11(5-8-15)10(2)17/h3,6,11H,4-5,7-8H2,1-2H3. The molecule has 0 aromatic carbocycles. The van der Waals surface area contributed by atoms with Gasteiger partial charge in [-0.3, -0.25) is 14.9 Å². The lowest BCUT2D eigenvalue weighted by Gasteiger charge is -2.31. The first kappa shape index (κ1) is 13.5. The molecule has 0 radical (unpaired) electrons. The fourth-order valence-corrected chi connectivity index (χ4v) is 2.49. The Morgan fingerprint density at radius 2 is 2.11 bits per heavy atom. The lowest BCUT2D eigenvalue weighted by molar-refractivity contribution is -0.384. The van der Waals surface area contributed by atoms with E-state index in [1.54, 1.807) is 26.1 Å². The van der Waals surface area contributed by atoms with E-state index < -0.39 is 0 Å². The zero-order valence-electron chi connectivity index (χ0n) is 11.1. The van der Waals surface area contributed by atoms with Crippen molar-refractivity contribution in [3.05, 3.63) is 27.9 Å². The smallest absolute Gasteiger partial charge is 0.314 e. The van der Waals surface area contributed by atoms with Crippen LogP contribution in [0.1, 0.15) is 25.3 Å². The minimum atomic E-state index is -0.380. The molecule has 0 unspecified atom stereocenters.